The molecule has 0 amide bonds. The topological polar surface area (TPSA) is 17.1 Å². The second kappa shape index (κ2) is 2.94. The second-order valence-electron chi connectivity index (χ2n) is 2.73. The van der Waals surface area contributed by atoms with Gasteiger partial charge in [0.2, 0.25) is 0 Å². The van der Waals surface area contributed by atoms with Gasteiger partial charge < -0.3 is 0 Å². The first kappa shape index (κ1) is 8.72. The van der Waals surface area contributed by atoms with Crippen LogP contribution in [0.1, 0.15) is 26.2 Å². The predicted molar refractivity (Wildman–Crippen MR) is 48.6 cm³/mol. The van der Waals surface area contributed by atoms with E-state index >= 15 is 0 Å². The minimum atomic E-state index is -0.0355. The van der Waals surface area contributed by atoms with Crippen molar-refractivity contribution >= 4 is 37.6 Å². The zero-order valence-electron chi connectivity index (χ0n) is 5.86. The molecule has 0 aromatic rings. The number of ketones is 1. The van der Waals surface area contributed by atoms with Crippen molar-refractivity contribution in [2.45, 2.75) is 29.4 Å². The summed E-state index contributed by atoms with van der Waals surface area (Å²) in [4.78, 5) is 11.2. The molecule has 1 saturated carbocycles. The fourth-order valence-electron chi connectivity index (χ4n) is 0.983. The van der Waals surface area contributed by atoms with Crippen molar-refractivity contribution in [2.75, 3.05) is 0 Å². The van der Waals surface area contributed by atoms with Gasteiger partial charge in [0.05, 0.1) is 3.23 Å². The average molecular weight is 270 g/mol. The average Bonchev–Trinajstić information content (AvgIpc) is 2.41. The molecule has 1 aliphatic carbocycles. The lowest BCUT2D eigenvalue weighted by Gasteiger charge is -1.96. The molecule has 1 atom stereocenters. The molecule has 1 fully saturated rings. The van der Waals surface area contributed by atoms with E-state index in [2.05, 4.69) is 31.9 Å². The number of rotatable bonds is 3. The Kier molecular flexibility index (Phi) is 2.56. The third kappa shape index (κ3) is 1.82. The molecule has 0 saturated heterocycles. The van der Waals surface area contributed by atoms with Gasteiger partial charge in [0, 0.05) is 12.3 Å². The molecule has 0 aliphatic heterocycles. The second-order valence-corrected chi connectivity index (χ2v) is 6.63. The maximum absolute atomic E-state index is 11.2. The number of Topliss-reactive ketones (excluding diaryl/α,β-unsaturated/α-hetero) is 1. The predicted octanol–water partition coefficient (Wildman–Crippen LogP) is 2.86. The van der Waals surface area contributed by atoms with Crippen LogP contribution >= 0.6 is 31.9 Å². The summed E-state index contributed by atoms with van der Waals surface area (Å²) in [6.07, 6.45) is 2.64. The summed E-state index contributed by atoms with van der Waals surface area (Å²) in [6, 6.07) is 0. The number of halogens is 2. The maximum Gasteiger partial charge on any atom is 0.138 e. The number of hydrogen-bond acceptors (Lipinski definition) is 1. The highest BCUT2D eigenvalue weighted by atomic mass is 79.9. The van der Waals surface area contributed by atoms with Crippen LogP contribution in [0, 0.1) is 5.92 Å². The molecular formula is C7H10Br2O. The lowest BCUT2D eigenvalue weighted by Crippen LogP contribution is -2.04. The molecule has 1 aliphatic rings. The highest BCUT2D eigenvalue weighted by Gasteiger charge is 2.53. The SMILES string of the molecule is CCCC(=O)C1CC1(Br)Br. The van der Waals surface area contributed by atoms with Crippen LogP contribution in [0.5, 0.6) is 0 Å². The molecule has 1 unspecified atom stereocenters. The van der Waals surface area contributed by atoms with Crippen LogP contribution in [0.25, 0.3) is 0 Å². The van der Waals surface area contributed by atoms with Gasteiger partial charge in [-0.2, -0.15) is 0 Å². The van der Waals surface area contributed by atoms with Crippen LogP contribution in [0.4, 0.5) is 0 Å². The Hall–Kier alpha value is 0.630. The summed E-state index contributed by atoms with van der Waals surface area (Å²) in [5, 5.41) is 0. The van der Waals surface area contributed by atoms with E-state index in [4.69, 9.17) is 0 Å². The molecule has 0 heterocycles. The Morgan fingerprint density at radius 3 is 2.50 bits per heavy atom. The molecule has 1 nitrogen and oxygen atoms in total. The highest BCUT2D eigenvalue weighted by molar-refractivity contribution is 9.25. The Labute approximate surface area is 77.8 Å². The Morgan fingerprint density at radius 2 is 2.20 bits per heavy atom. The molecular weight excluding hydrogens is 260 g/mol. The van der Waals surface area contributed by atoms with E-state index in [9.17, 15) is 4.79 Å². The third-order valence-corrected chi connectivity index (χ3v) is 3.46. The number of carbonyl (C=O) groups is 1. The van der Waals surface area contributed by atoms with E-state index < -0.39 is 0 Å². The van der Waals surface area contributed by atoms with Crippen molar-refractivity contribution in [3.8, 4) is 0 Å². The Morgan fingerprint density at radius 1 is 1.70 bits per heavy atom. The van der Waals surface area contributed by atoms with Crippen molar-refractivity contribution in [1.82, 2.24) is 0 Å². The van der Waals surface area contributed by atoms with E-state index in [0.29, 0.717) is 5.78 Å². The minimum Gasteiger partial charge on any atom is -0.299 e. The van der Waals surface area contributed by atoms with Crippen molar-refractivity contribution in [2.24, 2.45) is 5.92 Å². The molecule has 3 heteroatoms. The fraction of sp³-hybridized carbons (Fsp3) is 0.857. The molecule has 0 spiro atoms. The van der Waals surface area contributed by atoms with E-state index in [1.54, 1.807) is 0 Å². The Balaban J connectivity index is 2.33. The maximum atomic E-state index is 11.2. The van der Waals surface area contributed by atoms with Gasteiger partial charge >= 0.3 is 0 Å². The van der Waals surface area contributed by atoms with Crippen molar-refractivity contribution < 1.29 is 4.79 Å². The van der Waals surface area contributed by atoms with Gasteiger partial charge in [0.25, 0.3) is 0 Å². The van der Waals surface area contributed by atoms with Gasteiger partial charge in [-0.25, -0.2) is 0 Å². The first-order valence-electron chi connectivity index (χ1n) is 3.48. The van der Waals surface area contributed by atoms with Crippen LogP contribution in [-0.4, -0.2) is 9.02 Å². The molecule has 1 rings (SSSR count). The minimum absolute atomic E-state index is 0.0355. The monoisotopic (exact) mass is 268 g/mol. The zero-order valence-corrected chi connectivity index (χ0v) is 9.03. The van der Waals surface area contributed by atoms with Gasteiger partial charge in [0.1, 0.15) is 5.78 Å². The number of carbonyl (C=O) groups excluding carboxylic acids is 1. The third-order valence-electron chi connectivity index (χ3n) is 1.71. The molecule has 0 bridgehead atoms. The quantitative estimate of drug-likeness (QED) is 0.720. The van der Waals surface area contributed by atoms with Gasteiger partial charge in [-0.15, -0.1) is 0 Å². The molecule has 0 N–H and O–H groups in total. The lowest BCUT2D eigenvalue weighted by molar-refractivity contribution is -0.120. The van der Waals surface area contributed by atoms with E-state index in [1.165, 1.54) is 0 Å². The van der Waals surface area contributed by atoms with Crippen molar-refractivity contribution in [3.63, 3.8) is 0 Å². The van der Waals surface area contributed by atoms with Crippen LogP contribution in [0.2, 0.25) is 0 Å². The molecule has 0 radical (unpaired) electrons. The number of hydrogen-bond donors (Lipinski definition) is 0. The van der Waals surface area contributed by atoms with Gasteiger partial charge in [0.15, 0.2) is 0 Å². The van der Waals surface area contributed by atoms with Gasteiger partial charge in [-0.1, -0.05) is 38.8 Å². The van der Waals surface area contributed by atoms with Gasteiger partial charge in [-0.3, -0.25) is 4.79 Å². The summed E-state index contributed by atoms with van der Waals surface area (Å²) in [7, 11) is 0. The normalized spacial score (nSPS) is 28.1. The Bertz CT molecular complexity index is 154. The lowest BCUT2D eigenvalue weighted by atomic mass is 10.2. The van der Waals surface area contributed by atoms with E-state index in [1.807, 2.05) is 6.92 Å². The summed E-state index contributed by atoms with van der Waals surface area (Å²) in [5.41, 5.74) is 0. The van der Waals surface area contributed by atoms with Crippen LogP contribution in [0.3, 0.4) is 0 Å². The largest absolute Gasteiger partial charge is 0.299 e. The molecule has 0 aromatic heterocycles. The fourth-order valence-corrected chi connectivity index (χ4v) is 2.14. The van der Waals surface area contributed by atoms with Crippen molar-refractivity contribution in [1.29, 1.82) is 0 Å². The molecule has 0 aromatic carbocycles. The van der Waals surface area contributed by atoms with Crippen molar-refractivity contribution in [3.05, 3.63) is 0 Å². The van der Waals surface area contributed by atoms with Gasteiger partial charge in [-0.05, 0) is 12.8 Å². The smallest absolute Gasteiger partial charge is 0.138 e. The zero-order chi connectivity index (χ0) is 7.78. The highest BCUT2D eigenvalue weighted by Crippen LogP contribution is 2.57. The summed E-state index contributed by atoms with van der Waals surface area (Å²) in [6.45, 7) is 2.03. The summed E-state index contributed by atoms with van der Waals surface area (Å²) in [5.74, 6) is 0.615. The summed E-state index contributed by atoms with van der Waals surface area (Å²) >= 11 is 6.84. The summed E-state index contributed by atoms with van der Waals surface area (Å²) < 4.78 is -0.0355. The first-order valence-corrected chi connectivity index (χ1v) is 5.07. The van der Waals surface area contributed by atoms with Crippen LogP contribution in [0.15, 0.2) is 0 Å². The van der Waals surface area contributed by atoms with Crippen LogP contribution < -0.4 is 0 Å². The van der Waals surface area contributed by atoms with E-state index in [0.717, 1.165) is 19.3 Å². The van der Waals surface area contributed by atoms with E-state index in [-0.39, 0.29) is 9.15 Å². The van der Waals surface area contributed by atoms with Crippen LogP contribution in [-0.2, 0) is 4.79 Å². The molecule has 10 heavy (non-hydrogen) atoms. The standard InChI is InChI=1S/C7H10Br2O/c1-2-3-6(10)5-4-7(5,8)9/h5H,2-4H2,1H3. The first-order chi connectivity index (χ1) is 4.58. The molecule has 58 valence electrons. The number of alkyl halides is 2.